The molecule has 0 radical (unpaired) electrons. The number of aromatic amines is 1. The molecule has 146 valence electrons. The number of nitrogens with zero attached hydrogens (tertiary/aromatic N) is 4. The van der Waals surface area contributed by atoms with Crippen molar-refractivity contribution in [1.29, 1.82) is 0 Å². The molecule has 7 heteroatoms. The van der Waals surface area contributed by atoms with Crippen molar-refractivity contribution in [2.24, 2.45) is 0 Å². The normalized spacial score (nSPS) is 12.0. The lowest BCUT2D eigenvalue weighted by atomic mass is 9.98. The van der Waals surface area contributed by atoms with Crippen LogP contribution in [-0.4, -0.2) is 30.4 Å². The Labute approximate surface area is 172 Å². The number of hydrogen-bond donors (Lipinski definition) is 2. The van der Waals surface area contributed by atoms with Gasteiger partial charge in [0.1, 0.15) is 12.1 Å². The molecule has 1 unspecified atom stereocenters. The lowest BCUT2D eigenvalue weighted by Gasteiger charge is -2.20. The summed E-state index contributed by atoms with van der Waals surface area (Å²) in [7, 11) is 0. The largest absolute Gasteiger partial charge is 0.345 e. The van der Waals surface area contributed by atoms with Crippen LogP contribution in [0.5, 0.6) is 0 Å². The zero-order chi connectivity index (χ0) is 20.3. The number of hydrogen-bond acceptors (Lipinski definition) is 4. The quantitative estimate of drug-likeness (QED) is 0.476. The van der Waals surface area contributed by atoms with Crippen LogP contribution in [0.25, 0.3) is 16.9 Å². The molecule has 1 amide bonds. The van der Waals surface area contributed by atoms with E-state index in [0.717, 1.165) is 22.2 Å². The highest BCUT2D eigenvalue weighted by Gasteiger charge is 2.19. The van der Waals surface area contributed by atoms with Crippen molar-refractivity contribution < 1.29 is 4.79 Å². The van der Waals surface area contributed by atoms with E-state index in [9.17, 15) is 4.79 Å². The Bertz CT molecular complexity index is 1280. The van der Waals surface area contributed by atoms with E-state index in [2.05, 4.69) is 25.3 Å². The maximum absolute atomic E-state index is 13.0. The van der Waals surface area contributed by atoms with Crippen LogP contribution < -0.4 is 5.32 Å². The third-order valence-electron chi connectivity index (χ3n) is 4.96. The van der Waals surface area contributed by atoms with Crippen molar-refractivity contribution in [3.8, 4) is 5.82 Å². The highest BCUT2D eigenvalue weighted by Crippen LogP contribution is 2.25. The summed E-state index contributed by atoms with van der Waals surface area (Å²) in [6.45, 7) is 0. The maximum atomic E-state index is 13.0. The molecule has 1 atom stereocenters. The van der Waals surface area contributed by atoms with Gasteiger partial charge in [0.15, 0.2) is 0 Å². The van der Waals surface area contributed by atoms with Crippen LogP contribution in [0.15, 0.2) is 91.9 Å². The van der Waals surface area contributed by atoms with Gasteiger partial charge in [0.2, 0.25) is 0 Å². The standard InChI is InChI=1S/C23H18N6O/c30-23(18-7-9-21(25-13-18)29-11-10-24-15-29)28-22(16-4-2-1-3-5-16)17-6-8-19-20(12-17)27-14-26-19/h1-15,22H,(H,26,27)(H,28,30). The molecule has 2 N–H and O–H groups in total. The summed E-state index contributed by atoms with van der Waals surface area (Å²) in [6.07, 6.45) is 8.39. The Morgan fingerprint density at radius 1 is 1.00 bits per heavy atom. The Kier molecular flexibility index (Phi) is 4.53. The molecule has 0 bridgehead atoms. The Morgan fingerprint density at radius 2 is 1.90 bits per heavy atom. The molecule has 0 fully saturated rings. The summed E-state index contributed by atoms with van der Waals surface area (Å²) < 4.78 is 1.79. The van der Waals surface area contributed by atoms with E-state index >= 15 is 0 Å². The van der Waals surface area contributed by atoms with Gasteiger partial charge in [-0.1, -0.05) is 36.4 Å². The summed E-state index contributed by atoms with van der Waals surface area (Å²) in [5, 5.41) is 3.14. The van der Waals surface area contributed by atoms with Crippen molar-refractivity contribution in [3.05, 3.63) is 109 Å². The number of carbonyl (C=O) groups is 1. The summed E-state index contributed by atoms with van der Waals surface area (Å²) in [4.78, 5) is 28.8. The zero-order valence-corrected chi connectivity index (χ0v) is 15.9. The minimum absolute atomic E-state index is 0.196. The van der Waals surface area contributed by atoms with Gasteiger partial charge in [-0.2, -0.15) is 0 Å². The van der Waals surface area contributed by atoms with Crippen molar-refractivity contribution in [2.75, 3.05) is 0 Å². The van der Waals surface area contributed by atoms with E-state index in [1.807, 2.05) is 48.5 Å². The summed E-state index contributed by atoms with van der Waals surface area (Å²) in [5.74, 6) is 0.506. The van der Waals surface area contributed by atoms with Gasteiger partial charge in [-0.05, 0) is 35.4 Å². The summed E-state index contributed by atoms with van der Waals surface area (Å²) >= 11 is 0. The molecule has 5 aromatic rings. The molecule has 0 aliphatic heterocycles. The summed E-state index contributed by atoms with van der Waals surface area (Å²) in [6, 6.07) is 19.1. The smallest absolute Gasteiger partial charge is 0.253 e. The van der Waals surface area contributed by atoms with Crippen LogP contribution in [0.1, 0.15) is 27.5 Å². The number of nitrogens with one attached hydrogen (secondary N) is 2. The molecule has 0 saturated heterocycles. The fraction of sp³-hybridized carbons (Fsp3) is 0.0435. The number of carbonyl (C=O) groups excluding carboxylic acids is 1. The number of fused-ring (bicyclic) bond motifs is 1. The average Bonchev–Trinajstić information content (AvgIpc) is 3.49. The van der Waals surface area contributed by atoms with Gasteiger partial charge in [-0.3, -0.25) is 9.36 Å². The first-order chi connectivity index (χ1) is 14.8. The van der Waals surface area contributed by atoms with E-state index in [0.29, 0.717) is 11.4 Å². The van der Waals surface area contributed by atoms with Gasteiger partial charge in [-0.25, -0.2) is 15.0 Å². The van der Waals surface area contributed by atoms with Gasteiger partial charge >= 0.3 is 0 Å². The van der Waals surface area contributed by atoms with Crippen LogP contribution in [0.4, 0.5) is 0 Å². The number of amides is 1. The molecular weight excluding hydrogens is 376 g/mol. The monoisotopic (exact) mass is 394 g/mol. The SMILES string of the molecule is O=C(NC(c1ccccc1)c1ccc2nc[nH]c2c1)c1ccc(-n2ccnc2)nc1. The number of aromatic nitrogens is 5. The van der Waals surface area contributed by atoms with Crippen LogP contribution >= 0.6 is 0 Å². The summed E-state index contributed by atoms with van der Waals surface area (Å²) in [5.41, 5.74) is 4.26. The highest BCUT2D eigenvalue weighted by atomic mass is 16.1. The second-order valence-corrected chi connectivity index (χ2v) is 6.87. The second-order valence-electron chi connectivity index (χ2n) is 6.87. The molecule has 5 rings (SSSR count). The van der Waals surface area contributed by atoms with Crippen LogP contribution in [-0.2, 0) is 0 Å². The molecular formula is C23H18N6O. The molecule has 0 spiro atoms. The molecule has 0 aliphatic rings. The van der Waals surface area contributed by atoms with Gasteiger partial charge in [-0.15, -0.1) is 0 Å². The molecule has 0 saturated carbocycles. The van der Waals surface area contributed by atoms with Gasteiger partial charge < -0.3 is 10.3 Å². The van der Waals surface area contributed by atoms with Crippen molar-refractivity contribution in [3.63, 3.8) is 0 Å². The van der Waals surface area contributed by atoms with Gasteiger partial charge in [0, 0.05) is 18.6 Å². The van der Waals surface area contributed by atoms with Crippen molar-refractivity contribution in [1.82, 2.24) is 29.8 Å². The Morgan fingerprint density at radius 3 is 2.67 bits per heavy atom. The third-order valence-corrected chi connectivity index (χ3v) is 4.96. The first-order valence-electron chi connectivity index (χ1n) is 9.51. The van der Waals surface area contributed by atoms with E-state index in [-0.39, 0.29) is 11.9 Å². The molecule has 2 aromatic carbocycles. The number of H-pyrrole nitrogens is 1. The predicted octanol–water partition coefficient (Wildman–Crippen LogP) is 3.66. The molecule has 7 nitrogen and oxygen atoms in total. The minimum Gasteiger partial charge on any atom is -0.345 e. The van der Waals surface area contributed by atoms with Crippen molar-refractivity contribution in [2.45, 2.75) is 6.04 Å². The molecule has 0 aliphatic carbocycles. The van der Waals surface area contributed by atoms with Gasteiger partial charge in [0.25, 0.3) is 5.91 Å². The molecule has 30 heavy (non-hydrogen) atoms. The van der Waals surface area contributed by atoms with Crippen molar-refractivity contribution >= 4 is 16.9 Å². The maximum Gasteiger partial charge on any atom is 0.253 e. The Balaban J connectivity index is 1.45. The van der Waals surface area contributed by atoms with E-state index < -0.39 is 0 Å². The number of benzene rings is 2. The lowest BCUT2D eigenvalue weighted by molar-refractivity contribution is 0.0942. The average molecular weight is 394 g/mol. The third kappa shape index (κ3) is 3.44. The second kappa shape index (κ2) is 7.63. The molecule has 3 aromatic heterocycles. The Hall–Kier alpha value is -4.26. The lowest BCUT2D eigenvalue weighted by Crippen LogP contribution is -2.29. The highest BCUT2D eigenvalue weighted by molar-refractivity contribution is 5.94. The van der Waals surface area contributed by atoms with Crippen LogP contribution in [0.2, 0.25) is 0 Å². The first kappa shape index (κ1) is 17.8. The number of rotatable bonds is 5. The first-order valence-corrected chi connectivity index (χ1v) is 9.51. The van der Waals surface area contributed by atoms with E-state index in [1.54, 1.807) is 47.9 Å². The fourth-order valence-electron chi connectivity index (χ4n) is 3.42. The van der Waals surface area contributed by atoms with E-state index in [4.69, 9.17) is 0 Å². The number of pyridine rings is 1. The number of imidazole rings is 2. The fourth-order valence-corrected chi connectivity index (χ4v) is 3.42. The topological polar surface area (TPSA) is 88.5 Å². The van der Waals surface area contributed by atoms with Crippen LogP contribution in [0, 0.1) is 0 Å². The van der Waals surface area contributed by atoms with Gasteiger partial charge in [0.05, 0.1) is 29.0 Å². The van der Waals surface area contributed by atoms with E-state index in [1.165, 1.54) is 0 Å². The predicted molar refractivity (Wildman–Crippen MR) is 113 cm³/mol. The molecule has 3 heterocycles. The minimum atomic E-state index is -0.306. The zero-order valence-electron chi connectivity index (χ0n) is 15.9. The van der Waals surface area contributed by atoms with Crippen LogP contribution in [0.3, 0.4) is 0 Å².